The minimum Gasteiger partial charge on any atom is -0.356 e. The van der Waals surface area contributed by atoms with Gasteiger partial charge in [0, 0.05) is 19.3 Å². The fourth-order valence-corrected chi connectivity index (χ4v) is 3.77. The molecule has 0 aromatic carbocycles. The van der Waals surface area contributed by atoms with E-state index in [9.17, 15) is 3.89 Å². The molecule has 0 saturated carbocycles. The van der Waals surface area contributed by atoms with Gasteiger partial charge < -0.3 is 10.2 Å². The van der Waals surface area contributed by atoms with E-state index in [2.05, 4.69) is 20.2 Å². The summed E-state index contributed by atoms with van der Waals surface area (Å²) in [5, 5.41) is 4.40. The van der Waals surface area contributed by atoms with Crippen molar-refractivity contribution in [1.29, 1.82) is 0 Å². The number of halogens is 1. The molecular weight excluding hydrogens is 277 g/mol. The maximum absolute atomic E-state index is 12.8. The molecule has 1 unspecified atom stereocenters. The minimum atomic E-state index is 0.174. The molecule has 2 atom stereocenters. The molecule has 2 aliphatic heterocycles. The van der Waals surface area contributed by atoms with Gasteiger partial charge in [0.05, 0.1) is 5.39 Å². The lowest BCUT2D eigenvalue weighted by Gasteiger charge is -2.35. The summed E-state index contributed by atoms with van der Waals surface area (Å²) >= 11 is 0.174. The molecular formula is C13H16FN5S. The molecule has 0 spiro atoms. The van der Waals surface area contributed by atoms with Gasteiger partial charge in [-0.25, -0.2) is 13.9 Å². The highest BCUT2D eigenvalue weighted by Gasteiger charge is 2.33. The van der Waals surface area contributed by atoms with Crippen molar-refractivity contribution in [1.82, 2.24) is 19.3 Å². The second kappa shape index (κ2) is 4.89. The van der Waals surface area contributed by atoms with Gasteiger partial charge in [-0.15, -0.1) is 3.89 Å². The number of anilines is 1. The zero-order chi connectivity index (χ0) is 13.5. The second-order valence-corrected chi connectivity index (χ2v) is 6.09. The van der Waals surface area contributed by atoms with Gasteiger partial charge in [0.2, 0.25) is 0 Å². The molecule has 2 fully saturated rings. The van der Waals surface area contributed by atoms with Crippen LogP contribution in [0.15, 0.2) is 18.6 Å². The average Bonchev–Trinajstić information content (AvgIpc) is 3.12. The van der Waals surface area contributed by atoms with Crippen LogP contribution in [0.4, 0.5) is 9.70 Å². The highest BCUT2D eigenvalue weighted by molar-refractivity contribution is 7.92. The van der Waals surface area contributed by atoms with Crippen molar-refractivity contribution in [2.75, 3.05) is 31.1 Å². The third-order valence-electron chi connectivity index (χ3n) is 4.51. The molecule has 20 heavy (non-hydrogen) atoms. The molecule has 0 bridgehead atoms. The largest absolute Gasteiger partial charge is 0.356 e. The van der Waals surface area contributed by atoms with Crippen molar-refractivity contribution in [3.63, 3.8) is 0 Å². The molecule has 2 saturated heterocycles. The highest BCUT2D eigenvalue weighted by atomic mass is 32.2. The van der Waals surface area contributed by atoms with Gasteiger partial charge in [-0.05, 0) is 37.4 Å². The monoisotopic (exact) mass is 293 g/mol. The molecule has 2 aromatic rings. The first-order valence-electron chi connectivity index (χ1n) is 6.93. The quantitative estimate of drug-likeness (QED) is 0.915. The molecule has 0 amide bonds. The van der Waals surface area contributed by atoms with E-state index in [0.717, 1.165) is 43.3 Å². The summed E-state index contributed by atoms with van der Waals surface area (Å²) in [6.45, 7) is 4.28. The van der Waals surface area contributed by atoms with Gasteiger partial charge in [0.25, 0.3) is 0 Å². The molecule has 4 heterocycles. The van der Waals surface area contributed by atoms with E-state index in [-0.39, 0.29) is 12.3 Å². The minimum absolute atomic E-state index is 0.174. The van der Waals surface area contributed by atoms with Crippen LogP contribution in [0.25, 0.3) is 11.0 Å². The Kier molecular flexibility index (Phi) is 3.03. The summed E-state index contributed by atoms with van der Waals surface area (Å²) in [7, 11) is 0. The van der Waals surface area contributed by atoms with Gasteiger partial charge in [-0.1, -0.05) is 0 Å². The molecule has 7 heteroatoms. The Balaban J connectivity index is 1.69. The Bertz CT molecular complexity index is 630. The average molecular weight is 293 g/mol. The Morgan fingerprint density at radius 2 is 2.20 bits per heavy atom. The van der Waals surface area contributed by atoms with Crippen molar-refractivity contribution in [3.8, 4) is 0 Å². The maximum Gasteiger partial charge on any atom is 0.171 e. The van der Waals surface area contributed by atoms with E-state index < -0.39 is 0 Å². The molecule has 1 N–H and O–H groups in total. The van der Waals surface area contributed by atoms with Crippen molar-refractivity contribution < 1.29 is 3.89 Å². The Morgan fingerprint density at radius 3 is 3.10 bits per heavy atom. The van der Waals surface area contributed by atoms with E-state index in [1.54, 1.807) is 6.20 Å². The zero-order valence-electron chi connectivity index (χ0n) is 11.0. The van der Waals surface area contributed by atoms with E-state index >= 15 is 0 Å². The predicted molar refractivity (Wildman–Crippen MR) is 78.3 cm³/mol. The highest BCUT2D eigenvalue weighted by Crippen LogP contribution is 2.32. The van der Waals surface area contributed by atoms with Crippen molar-refractivity contribution in [2.24, 2.45) is 11.8 Å². The maximum atomic E-state index is 12.8. The Morgan fingerprint density at radius 1 is 1.30 bits per heavy atom. The topological polar surface area (TPSA) is 46.0 Å². The number of piperidine rings is 1. The van der Waals surface area contributed by atoms with Gasteiger partial charge in [0.15, 0.2) is 18.0 Å². The lowest BCUT2D eigenvalue weighted by atomic mass is 9.88. The Hall–Kier alpha value is -1.34. The number of aromatic nitrogens is 3. The van der Waals surface area contributed by atoms with Crippen LogP contribution in [0.2, 0.25) is 0 Å². The van der Waals surface area contributed by atoms with E-state index in [1.807, 2.05) is 6.07 Å². The van der Waals surface area contributed by atoms with Gasteiger partial charge in [-0.3, -0.25) is 0 Å². The lowest BCUT2D eigenvalue weighted by molar-refractivity contribution is 0.348. The fourth-order valence-electron chi connectivity index (χ4n) is 3.45. The summed E-state index contributed by atoms with van der Waals surface area (Å²) < 4.78 is 14.3. The van der Waals surface area contributed by atoms with Crippen LogP contribution in [0.1, 0.15) is 6.42 Å². The first-order chi connectivity index (χ1) is 9.86. The number of nitrogens with one attached hydrogen (secondary N) is 1. The van der Waals surface area contributed by atoms with Crippen molar-refractivity contribution in [3.05, 3.63) is 18.6 Å². The standard InChI is InChI=1S/C13H16FN5S/c14-20-19-4-2-11-12(16-8-17-13(11)19)18-3-1-9-5-15-6-10(9)7-18/h2,4,8-10,15H,1,3,5-7H2/t9?,10-/m1/s1. The molecule has 4 rings (SSSR count). The molecule has 0 radical (unpaired) electrons. The number of nitrogens with zero attached hydrogens (tertiary/aromatic N) is 4. The lowest BCUT2D eigenvalue weighted by Crippen LogP contribution is -2.40. The molecule has 5 nitrogen and oxygen atoms in total. The van der Waals surface area contributed by atoms with Crippen LogP contribution in [-0.2, 0) is 0 Å². The number of rotatable bonds is 2. The summed E-state index contributed by atoms with van der Waals surface area (Å²) in [6.07, 6.45) is 4.43. The summed E-state index contributed by atoms with van der Waals surface area (Å²) in [5.74, 6) is 2.44. The van der Waals surface area contributed by atoms with Crippen molar-refractivity contribution in [2.45, 2.75) is 6.42 Å². The SMILES string of the molecule is FSn1ccc2c(N3CCC4CNC[C@@H]4C3)ncnc21. The van der Waals surface area contributed by atoms with Crippen LogP contribution < -0.4 is 10.2 Å². The van der Waals surface area contributed by atoms with Crippen LogP contribution >= 0.6 is 12.3 Å². The number of fused-ring (bicyclic) bond motifs is 2. The normalized spacial score (nSPS) is 26.1. The predicted octanol–water partition coefficient (Wildman–Crippen LogP) is 1.86. The van der Waals surface area contributed by atoms with E-state index in [0.29, 0.717) is 11.6 Å². The summed E-state index contributed by atoms with van der Waals surface area (Å²) in [5.41, 5.74) is 0.647. The van der Waals surface area contributed by atoms with E-state index in [4.69, 9.17) is 0 Å². The van der Waals surface area contributed by atoms with Gasteiger partial charge in [-0.2, -0.15) is 0 Å². The van der Waals surface area contributed by atoms with Crippen LogP contribution in [0.3, 0.4) is 0 Å². The second-order valence-electron chi connectivity index (χ2n) is 5.56. The molecule has 106 valence electrons. The Labute approximate surface area is 121 Å². The third-order valence-corrected chi connectivity index (χ3v) is 4.95. The van der Waals surface area contributed by atoms with Gasteiger partial charge in [0.1, 0.15) is 12.1 Å². The van der Waals surface area contributed by atoms with Crippen LogP contribution in [0.5, 0.6) is 0 Å². The molecule has 2 aliphatic rings. The van der Waals surface area contributed by atoms with Crippen LogP contribution in [-0.4, -0.2) is 40.1 Å². The zero-order valence-corrected chi connectivity index (χ0v) is 11.8. The third kappa shape index (κ3) is 1.88. The molecule has 0 aliphatic carbocycles. The van der Waals surface area contributed by atoms with Gasteiger partial charge >= 0.3 is 0 Å². The summed E-state index contributed by atoms with van der Waals surface area (Å²) in [4.78, 5) is 11.0. The number of hydrogen-bond acceptors (Lipinski definition) is 5. The van der Waals surface area contributed by atoms with Crippen molar-refractivity contribution >= 4 is 29.2 Å². The van der Waals surface area contributed by atoms with Crippen LogP contribution in [0, 0.1) is 11.8 Å². The number of hydrogen-bond donors (Lipinski definition) is 1. The fraction of sp³-hybridized carbons (Fsp3) is 0.538. The first kappa shape index (κ1) is 12.4. The smallest absolute Gasteiger partial charge is 0.171 e. The summed E-state index contributed by atoms with van der Waals surface area (Å²) in [6, 6.07) is 1.90. The molecule has 2 aromatic heterocycles. The first-order valence-corrected chi connectivity index (χ1v) is 7.61. The van der Waals surface area contributed by atoms with E-state index in [1.165, 1.54) is 16.7 Å².